The zero-order valence-corrected chi connectivity index (χ0v) is 24.9. The number of aromatic nitrogens is 3. The summed E-state index contributed by atoms with van der Waals surface area (Å²) in [6, 6.07) is 7.59. The smallest absolute Gasteiger partial charge is 0.410 e. The van der Waals surface area contributed by atoms with Gasteiger partial charge in [0.1, 0.15) is 27.8 Å². The first-order valence-corrected chi connectivity index (χ1v) is 16.2. The van der Waals surface area contributed by atoms with Crippen LogP contribution in [0.15, 0.2) is 29.1 Å². The van der Waals surface area contributed by atoms with E-state index in [-0.39, 0.29) is 23.6 Å². The second-order valence-corrected chi connectivity index (χ2v) is 14.5. The van der Waals surface area contributed by atoms with Gasteiger partial charge in [0.25, 0.3) is 5.56 Å². The first-order valence-electron chi connectivity index (χ1n) is 13.6. The minimum Gasteiger partial charge on any atom is -0.444 e. The van der Waals surface area contributed by atoms with Gasteiger partial charge < -0.3 is 19.9 Å². The molecule has 5 rings (SSSR count). The van der Waals surface area contributed by atoms with E-state index in [4.69, 9.17) is 14.7 Å². The lowest BCUT2D eigenvalue weighted by Crippen LogP contribution is -2.47. The molecule has 1 aromatic carbocycles. The second-order valence-electron chi connectivity index (χ2n) is 11.5. The van der Waals surface area contributed by atoms with Crippen LogP contribution < -0.4 is 10.9 Å². The van der Waals surface area contributed by atoms with Gasteiger partial charge in [0.05, 0.1) is 16.5 Å². The second kappa shape index (κ2) is 11.1. The molecule has 0 aliphatic carbocycles. The number of benzene rings is 1. The van der Waals surface area contributed by atoms with Crippen LogP contribution in [0.3, 0.4) is 0 Å². The number of sulfonamides is 1. The highest BCUT2D eigenvalue weighted by Gasteiger charge is 2.31. The van der Waals surface area contributed by atoms with Crippen molar-refractivity contribution in [2.75, 3.05) is 37.8 Å². The number of anilines is 1. The van der Waals surface area contributed by atoms with Gasteiger partial charge in [0, 0.05) is 38.1 Å². The number of carbonyl (C=O) groups is 1. The molecule has 13 heteroatoms. The van der Waals surface area contributed by atoms with Crippen molar-refractivity contribution in [3.8, 4) is 10.6 Å². The molecule has 40 heavy (non-hydrogen) atoms. The Hall–Kier alpha value is -3.03. The number of thiazole rings is 1. The maximum atomic E-state index is 13.6. The quantitative estimate of drug-likeness (QED) is 0.456. The Morgan fingerprint density at radius 2 is 1.85 bits per heavy atom. The normalized spacial score (nSPS) is 19.6. The van der Waals surface area contributed by atoms with E-state index in [9.17, 15) is 18.0 Å². The van der Waals surface area contributed by atoms with Crippen molar-refractivity contribution in [1.82, 2.24) is 24.2 Å². The lowest BCUT2D eigenvalue weighted by Gasteiger charge is -2.35. The maximum absolute atomic E-state index is 13.6. The minimum atomic E-state index is -3.27. The van der Waals surface area contributed by atoms with Crippen LogP contribution in [-0.4, -0.2) is 82.7 Å². The average Bonchev–Trinajstić information content (AvgIpc) is 3.31. The zero-order valence-electron chi connectivity index (χ0n) is 23.3. The average molecular weight is 589 g/mol. The van der Waals surface area contributed by atoms with Gasteiger partial charge in [-0.2, -0.15) is 0 Å². The lowest BCUT2D eigenvalue weighted by molar-refractivity contribution is 0.0206. The van der Waals surface area contributed by atoms with E-state index in [1.54, 1.807) is 4.90 Å². The van der Waals surface area contributed by atoms with Crippen molar-refractivity contribution >= 4 is 43.5 Å². The Bertz CT molecular complexity index is 1520. The Morgan fingerprint density at radius 3 is 2.52 bits per heavy atom. The fourth-order valence-electron chi connectivity index (χ4n) is 5.21. The highest BCUT2D eigenvalue weighted by Crippen LogP contribution is 2.34. The Labute approximate surface area is 238 Å². The summed E-state index contributed by atoms with van der Waals surface area (Å²) in [6.45, 7) is 7.31. The van der Waals surface area contributed by atoms with Gasteiger partial charge in [0.2, 0.25) is 10.0 Å². The third kappa shape index (κ3) is 6.47. The van der Waals surface area contributed by atoms with Gasteiger partial charge in [-0.25, -0.2) is 27.5 Å². The highest BCUT2D eigenvalue weighted by molar-refractivity contribution is 7.88. The van der Waals surface area contributed by atoms with E-state index in [1.807, 2.05) is 45.0 Å². The molecule has 0 spiro atoms. The van der Waals surface area contributed by atoms with Crippen LogP contribution in [0, 0.1) is 0 Å². The molecular weight excluding hydrogens is 552 g/mol. The number of rotatable bonds is 5. The zero-order chi connectivity index (χ0) is 28.7. The van der Waals surface area contributed by atoms with Crippen LogP contribution >= 0.6 is 11.3 Å². The standard InChI is InChI=1S/C27H36N6O5S2/c1-27(2,3)38-26(35)32-13-7-8-18(16-32)28-23-21(25-29-19-9-5-6-10-20(19)39-25)24(34)31-22(30-23)17-11-14-33(15-12-17)40(4,36)37/h5-6,9-10,17-18H,7-8,11-16H2,1-4H3,(H2,28,30,31,34)/t18-/m1/s1. The summed E-state index contributed by atoms with van der Waals surface area (Å²) in [7, 11) is -3.27. The molecule has 4 heterocycles. The molecule has 1 atom stereocenters. The largest absolute Gasteiger partial charge is 0.444 e. The summed E-state index contributed by atoms with van der Waals surface area (Å²) in [6.07, 6.45) is 3.56. The number of piperidine rings is 2. The van der Waals surface area contributed by atoms with Gasteiger partial charge in [-0.15, -0.1) is 11.3 Å². The molecular formula is C27H36N6O5S2. The summed E-state index contributed by atoms with van der Waals surface area (Å²) in [5, 5.41) is 4.04. The number of aromatic amines is 1. The molecule has 2 aliphatic rings. The summed E-state index contributed by atoms with van der Waals surface area (Å²) < 4.78 is 32.0. The number of ether oxygens (including phenoxy) is 1. The third-order valence-corrected chi connectivity index (χ3v) is 9.53. The molecule has 2 aromatic heterocycles. The fraction of sp³-hybridized carbons (Fsp3) is 0.556. The van der Waals surface area contributed by atoms with E-state index in [2.05, 4.69) is 10.3 Å². The molecule has 3 aromatic rings. The number of hydrogen-bond donors (Lipinski definition) is 2. The molecule has 0 radical (unpaired) electrons. The number of H-pyrrole nitrogens is 1. The van der Waals surface area contributed by atoms with Crippen molar-refractivity contribution in [2.45, 2.75) is 64.0 Å². The van der Waals surface area contributed by atoms with Crippen LogP contribution in [0.2, 0.25) is 0 Å². The summed E-state index contributed by atoms with van der Waals surface area (Å²) in [4.78, 5) is 40.7. The number of carbonyl (C=O) groups excluding carboxylic acids is 1. The van der Waals surface area contributed by atoms with Crippen molar-refractivity contribution in [2.24, 2.45) is 0 Å². The number of nitrogens with zero attached hydrogens (tertiary/aromatic N) is 4. The summed E-state index contributed by atoms with van der Waals surface area (Å²) in [5.74, 6) is 0.880. The topological polar surface area (TPSA) is 138 Å². The molecule has 11 nitrogen and oxygen atoms in total. The van der Waals surface area contributed by atoms with Crippen molar-refractivity contribution in [1.29, 1.82) is 0 Å². The SMILES string of the molecule is CC(C)(C)OC(=O)N1CCC[C@@H](Nc2nc(C3CCN(S(C)(=O)=O)CC3)[nH]c(=O)c2-c2nc3ccccc3s2)C1. The number of nitrogens with one attached hydrogen (secondary N) is 2. The van der Waals surface area contributed by atoms with Crippen molar-refractivity contribution in [3.63, 3.8) is 0 Å². The Balaban J connectivity index is 1.46. The van der Waals surface area contributed by atoms with Crippen LogP contribution in [0.1, 0.15) is 58.2 Å². The van der Waals surface area contributed by atoms with Gasteiger partial charge >= 0.3 is 6.09 Å². The molecule has 1 amide bonds. The minimum absolute atomic E-state index is 0.0831. The first-order chi connectivity index (χ1) is 18.9. The number of hydrogen-bond acceptors (Lipinski definition) is 9. The van der Waals surface area contributed by atoms with Crippen molar-refractivity contribution < 1.29 is 17.9 Å². The number of amides is 1. The fourth-order valence-corrected chi connectivity index (χ4v) is 7.09. The van der Waals surface area contributed by atoms with Crippen LogP contribution in [0.4, 0.5) is 10.6 Å². The molecule has 0 unspecified atom stereocenters. The third-order valence-electron chi connectivity index (χ3n) is 7.17. The van der Waals surface area contributed by atoms with E-state index in [0.717, 1.165) is 23.1 Å². The van der Waals surface area contributed by atoms with Crippen LogP contribution in [-0.2, 0) is 14.8 Å². The molecule has 0 saturated carbocycles. The molecule has 2 fully saturated rings. The molecule has 216 valence electrons. The van der Waals surface area contributed by atoms with Gasteiger partial charge in [-0.3, -0.25) is 4.79 Å². The summed E-state index contributed by atoms with van der Waals surface area (Å²) >= 11 is 1.43. The number of fused-ring (bicyclic) bond motifs is 1. The highest BCUT2D eigenvalue weighted by atomic mass is 32.2. The molecule has 0 bridgehead atoms. The number of likely N-dealkylation sites (tertiary alicyclic amines) is 1. The summed E-state index contributed by atoms with van der Waals surface area (Å²) in [5.41, 5.74) is 0.288. The molecule has 2 aliphatic heterocycles. The van der Waals surface area contributed by atoms with Crippen LogP contribution in [0.5, 0.6) is 0 Å². The maximum Gasteiger partial charge on any atom is 0.410 e. The number of para-hydroxylation sites is 1. The van der Waals surface area contributed by atoms with Crippen LogP contribution in [0.25, 0.3) is 20.8 Å². The van der Waals surface area contributed by atoms with Gasteiger partial charge in [-0.05, 0) is 58.6 Å². The van der Waals surface area contributed by atoms with Crippen molar-refractivity contribution in [3.05, 3.63) is 40.4 Å². The van der Waals surface area contributed by atoms with E-state index in [0.29, 0.717) is 61.2 Å². The monoisotopic (exact) mass is 588 g/mol. The Morgan fingerprint density at radius 1 is 1.12 bits per heavy atom. The van der Waals surface area contributed by atoms with Gasteiger partial charge in [0.15, 0.2) is 0 Å². The lowest BCUT2D eigenvalue weighted by atomic mass is 9.97. The Kier molecular flexibility index (Phi) is 7.90. The van der Waals surface area contributed by atoms with Gasteiger partial charge in [-0.1, -0.05) is 12.1 Å². The van der Waals surface area contributed by atoms with E-state index >= 15 is 0 Å². The van der Waals surface area contributed by atoms with E-state index in [1.165, 1.54) is 21.9 Å². The first kappa shape index (κ1) is 28.5. The molecule has 2 N–H and O–H groups in total. The predicted molar refractivity (Wildman–Crippen MR) is 156 cm³/mol. The van der Waals surface area contributed by atoms with E-state index < -0.39 is 15.6 Å². The molecule has 2 saturated heterocycles. The predicted octanol–water partition coefficient (Wildman–Crippen LogP) is 4.00.